The maximum Gasteiger partial charge on any atom is 0.0960 e. The predicted octanol–water partition coefficient (Wildman–Crippen LogP) is 1.97. The van der Waals surface area contributed by atoms with E-state index >= 15 is 0 Å². The largest absolute Gasteiger partial charge is 0.327 e. The summed E-state index contributed by atoms with van der Waals surface area (Å²) in [5.74, 6) is 0. The third kappa shape index (κ3) is 3.01. The van der Waals surface area contributed by atoms with Gasteiger partial charge in [-0.25, -0.2) is 4.98 Å². The van der Waals surface area contributed by atoms with Crippen LogP contribution in [0.2, 0.25) is 0 Å². The SMILES string of the molecule is CN(C1CCCNC1)C1CC(n2cnc3ccccc32)CCN1. The molecule has 3 unspecified atom stereocenters. The number of imidazole rings is 1. The van der Waals surface area contributed by atoms with Crippen molar-refractivity contribution in [2.24, 2.45) is 0 Å². The van der Waals surface area contributed by atoms with Crippen LogP contribution >= 0.6 is 0 Å². The smallest absolute Gasteiger partial charge is 0.0960 e. The molecule has 0 aliphatic carbocycles. The fourth-order valence-electron chi connectivity index (χ4n) is 4.14. The highest BCUT2D eigenvalue weighted by Gasteiger charge is 2.30. The number of para-hydroxylation sites is 2. The lowest BCUT2D eigenvalue weighted by molar-refractivity contribution is 0.0870. The van der Waals surface area contributed by atoms with Gasteiger partial charge in [0.15, 0.2) is 0 Å². The molecule has 0 bridgehead atoms. The molecule has 5 heteroatoms. The minimum absolute atomic E-state index is 0.458. The molecule has 0 amide bonds. The van der Waals surface area contributed by atoms with Crippen LogP contribution in [0.15, 0.2) is 30.6 Å². The van der Waals surface area contributed by atoms with Gasteiger partial charge in [0.1, 0.15) is 0 Å². The summed E-state index contributed by atoms with van der Waals surface area (Å²) in [6.45, 7) is 3.37. The molecule has 0 spiro atoms. The number of piperidine rings is 2. The van der Waals surface area contributed by atoms with Gasteiger partial charge >= 0.3 is 0 Å². The van der Waals surface area contributed by atoms with E-state index in [1.165, 1.54) is 31.3 Å². The van der Waals surface area contributed by atoms with Crippen molar-refractivity contribution in [3.63, 3.8) is 0 Å². The van der Waals surface area contributed by atoms with Crippen molar-refractivity contribution in [2.75, 3.05) is 26.7 Å². The van der Waals surface area contributed by atoms with Crippen molar-refractivity contribution in [2.45, 2.75) is 43.9 Å². The first-order chi connectivity index (χ1) is 11.3. The van der Waals surface area contributed by atoms with Crippen LogP contribution in [0.3, 0.4) is 0 Å². The third-order valence-electron chi connectivity index (χ3n) is 5.57. The lowest BCUT2D eigenvalue weighted by Gasteiger charge is -2.42. The Bertz CT molecular complexity index is 646. The number of fused-ring (bicyclic) bond motifs is 1. The zero-order valence-corrected chi connectivity index (χ0v) is 13.9. The predicted molar refractivity (Wildman–Crippen MR) is 93.4 cm³/mol. The molecule has 3 atom stereocenters. The topological polar surface area (TPSA) is 45.1 Å². The molecule has 1 aromatic carbocycles. The van der Waals surface area contributed by atoms with E-state index in [9.17, 15) is 0 Å². The van der Waals surface area contributed by atoms with Crippen LogP contribution in [0.1, 0.15) is 31.7 Å². The summed E-state index contributed by atoms with van der Waals surface area (Å²) >= 11 is 0. The summed E-state index contributed by atoms with van der Waals surface area (Å²) < 4.78 is 2.39. The van der Waals surface area contributed by atoms with Gasteiger partial charge < -0.3 is 15.2 Å². The number of benzene rings is 1. The van der Waals surface area contributed by atoms with Crippen LogP contribution in [0, 0.1) is 0 Å². The number of hydrogen-bond acceptors (Lipinski definition) is 4. The summed E-state index contributed by atoms with van der Waals surface area (Å²) in [5.41, 5.74) is 2.37. The molecule has 5 nitrogen and oxygen atoms in total. The Hall–Kier alpha value is -1.43. The van der Waals surface area contributed by atoms with Crippen molar-refractivity contribution in [1.82, 2.24) is 25.1 Å². The molecule has 3 heterocycles. The maximum atomic E-state index is 4.57. The Morgan fingerprint density at radius 2 is 2.13 bits per heavy atom. The minimum atomic E-state index is 0.458. The van der Waals surface area contributed by atoms with E-state index in [-0.39, 0.29) is 0 Å². The van der Waals surface area contributed by atoms with E-state index in [1.54, 1.807) is 0 Å². The van der Waals surface area contributed by atoms with Crippen molar-refractivity contribution < 1.29 is 0 Å². The lowest BCUT2D eigenvalue weighted by atomic mass is 9.99. The normalized spacial score (nSPS) is 29.2. The van der Waals surface area contributed by atoms with Crippen molar-refractivity contribution in [1.29, 1.82) is 0 Å². The number of nitrogens with one attached hydrogen (secondary N) is 2. The van der Waals surface area contributed by atoms with Gasteiger partial charge in [-0.3, -0.25) is 4.90 Å². The number of rotatable bonds is 3. The first kappa shape index (κ1) is 15.1. The average Bonchev–Trinajstić information content (AvgIpc) is 3.06. The molecule has 1 aromatic heterocycles. The van der Waals surface area contributed by atoms with Crippen molar-refractivity contribution in [3.05, 3.63) is 30.6 Å². The van der Waals surface area contributed by atoms with Gasteiger partial charge in [0.25, 0.3) is 0 Å². The fourth-order valence-corrected chi connectivity index (χ4v) is 4.14. The summed E-state index contributed by atoms with van der Waals surface area (Å²) in [6.07, 6.45) is 7.40. The molecule has 124 valence electrons. The van der Waals surface area contributed by atoms with E-state index in [2.05, 4.69) is 56.4 Å². The second kappa shape index (κ2) is 6.59. The molecular weight excluding hydrogens is 286 g/mol. The lowest BCUT2D eigenvalue weighted by Crippen LogP contribution is -2.55. The van der Waals surface area contributed by atoms with Gasteiger partial charge in [-0.15, -0.1) is 0 Å². The Labute approximate surface area is 138 Å². The van der Waals surface area contributed by atoms with E-state index in [0.29, 0.717) is 18.2 Å². The van der Waals surface area contributed by atoms with Gasteiger partial charge in [0.2, 0.25) is 0 Å². The molecular formula is C18H27N5. The quantitative estimate of drug-likeness (QED) is 0.909. The van der Waals surface area contributed by atoms with Crippen LogP contribution < -0.4 is 10.6 Å². The third-order valence-corrected chi connectivity index (χ3v) is 5.57. The molecule has 4 rings (SSSR count). The van der Waals surface area contributed by atoms with Crippen LogP contribution in [0.4, 0.5) is 0 Å². The van der Waals surface area contributed by atoms with Crippen LogP contribution in [0.25, 0.3) is 11.0 Å². The summed E-state index contributed by atoms with van der Waals surface area (Å²) in [4.78, 5) is 7.13. The zero-order chi connectivity index (χ0) is 15.6. The zero-order valence-electron chi connectivity index (χ0n) is 13.9. The first-order valence-electron chi connectivity index (χ1n) is 8.90. The van der Waals surface area contributed by atoms with Gasteiger partial charge in [0.05, 0.1) is 23.5 Å². The molecule has 0 saturated carbocycles. The monoisotopic (exact) mass is 313 g/mol. The summed E-state index contributed by atoms with van der Waals surface area (Å²) in [6, 6.07) is 9.65. The second-order valence-corrected chi connectivity index (χ2v) is 6.95. The Balaban J connectivity index is 1.50. The first-order valence-corrected chi connectivity index (χ1v) is 8.90. The van der Waals surface area contributed by atoms with E-state index in [1.807, 2.05) is 6.33 Å². The highest BCUT2D eigenvalue weighted by molar-refractivity contribution is 5.75. The van der Waals surface area contributed by atoms with E-state index in [4.69, 9.17) is 0 Å². The summed E-state index contributed by atoms with van der Waals surface area (Å²) in [5, 5.41) is 7.25. The molecule has 2 fully saturated rings. The van der Waals surface area contributed by atoms with Crippen LogP contribution in [0.5, 0.6) is 0 Å². The van der Waals surface area contributed by atoms with Crippen molar-refractivity contribution >= 4 is 11.0 Å². The van der Waals surface area contributed by atoms with Gasteiger partial charge in [0, 0.05) is 18.6 Å². The maximum absolute atomic E-state index is 4.57. The Morgan fingerprint density at radius 3 is 3.00 bits per heavy atom. The van der Waals surface area contributed by atoms with Gasteiger partial charge in [-0.05, 0) is 58.0 Å². The number of hydrogen-bond donors (Lipinski definition) is 2. The standard InChI is InChI=1S/C18H27N5/c1-22(15-5-4-9-19-12-15)18-11-14(8-10-20-18)23-13-21-16-6-2-3-7-17(16)23/h2-3,6-7,13-15,18-20H,4-5,8-12H2,1H3. The van der Waals surface area contributed by atoms with Crippen molar-refractivity contribution in [3.8, 4) is 0 Å². The fraction of sp³-hybridized carbons (Fsp3) is 0.611. The molecule has 2 saturated heterocycles. The number of aromatic nitrogens is 2. The second-order valence-electron chi connectivity index (χ2n) is 6.95. The highest BCUT2D eigenvalue weighted by Crippen LogP contribution is 2.28. The molecule has 2 aliphatic rings. The Morgan fingerprint density at radius 1 is 1.22 bits per heavy atom. The minimum Gasteiger partial charge on any atom is -0.327 e. The molecule has 2 aliphatic heterocycles. The van der Waals surface area contributed by atoms with Gasteiger partial charge in [-0.1, -0.05) is 12.1 Å². The van der Waals surface area contributed by atoms with Crippen LogP contribution in [-0.4, -0.2) is 53.3 Å². The summed E-state index contributed by atoms with van der Waals surface area (Å²) in [7, 11) is 2.28. The molecule has 2 aromatic rings. The molecule has 23 heavy (non-hydrogen) atoms. The van der Waals surface area contributed by atoms with Gasteiger partial charge in [-0.2, -0.15) is 0 Å². The molecule has 2 N–H and O–H groups in total. The number of likely N-dealkylation sites (N-methyl/N-ethyl adjacent to an activating group) is 1. The Kier molecular flexibility index (Phi) is 4.33. The average molecular weight is 313 g/mol. The van der Waals surface area contributed by atoms with Crippen LogP contribution in [-0.2, 0) is 0 Å². The highest BCUT2D eigenvalue weighted by atomic mass is 15.3. The van der Waals surface area contributed by atoms with E-state index < -0.39 is 0 Å². The molecule has 0 radical (unpaired) electrons. The van der Waals surface area contributed by atoms with E-state index in [0.717, 1.165) is 25.0 Å². The number of nitrogens with zero attached hydrogens (tertiary/aromatic N) is 3.